The average molecular weight is 587 g/mol. The van der Waals surface area contributed by atoms with Gasteiger partial charge in [0.1, 0.15) is 17.1 Å². The molecule has 0 bridgehead atoms. The Morgan fingerprint density at radius 1 is 1.09 bits per heavy atom. The molecule has 2 saturated heterocycles. The lowest BCUT2D eigenvalue weighted by atomic mass is 10.1. The first-order valence-electron chi connectivity index (χ1n) is 14.7. The number of rotatable bonds is 7. The number of hydrogen-bond acceptors (Lipinski definition) is 10. The molecule has 12 nitrogen and oxygen atoms in total. The van der Waals surface area contributed by atoms with Gasteiger partial charge in [-0.2, -0.15) is 0 Å². The van der Waals surface area contributed by atoms with E-state index in [1.54, 1.807) is 6.20 Å². The van der Waals surface area contributed by atoms with Gasteiger partial charge in [0, 0.05) is 61.9 Å². The SMILES string of the molecule is CC(C)(C)OC(=O)NC1CN(c2ccnc(CC(=O)Nc3ccc(C4=NC5=C(N6CCOCC6)N=CCC5N4)cc3)c2)C1. The topological polar surface area (TPSA) is 133 Å². The fraction of sp³-hybridized carbons (Fsp3) is 0.452. The van der Waals surface area contributed by atoms with Crippen molar-refractivity contribution in [1.82, 2.24) is 20.5 Å². The van der Waals surface area contributed by atoms with Crippen LogP contribution >= 0.6 is 0 Å². The van der Waals surface area contributed by atoms with Crippen molar-refractivity contribution in [2.24, 2.45) is 9.98 Å². The number of anilines is 2. The quantitative estimate of drug-likeness (QED) is 0.451. The van der Waals surface area contributed by atoms with Gasteiger partial charge in [-0.3, -0.25) is 9.78 Å². The molecule has 2 aromatic rings. The van der Waals surface area contributed by atoms with E-state index in [-0.39, 0.29) is 24.4 Å². The number of amides is 2. The largest absolute Gasteiger partial charge is 0.444 e. The first kappa shape index (κ1) is 28.7. The Kier molecular flexibility index (Phi) is 8.02. The molecule has 1 unspecified atom stereocenters. The van der Waals surface area contributed by atoms with E-state index in [1.165, 1.54) is 0 Å². The molecule has 1 atom stereocenters. The molecule has 5 heterocycles. The van der Waals surface area contributed by atoms with E-state index in [9.17, 15) is 9.59 Å². The van der Waals surface area contributed by atoms with Gasteiger partial charge in [-0.15, -0.1) is 0 Å². The van der Waals surface area contributed by atoms with E-state index >= 15 is 0 Å². The third-order valence-corrected chi connectivity index (χ3v) is 7.52. The standard InChI is InChI=1S/C31H38N8O4/c1-31(2,3)43-30(41)35-23-18-39(19-23)24-8-10-32-22(16-24)17-26(40)34-21-6-4-20(5-7-21)28-36-25-9-11-33-29(27(25)37-28)38-12-14-42-15-13-38/h4-8,10-11,16,23,25H,9,12-15,17-19H2,1-3H3,(H,34,40)(H,35,41)(H,36,37). The molecule has 6 rings (SSSR count). The summed E-state index contributed by atoms with van der Waals surface area (Å²) in [5.41, 5.74) is 3.74. The van der Waals surface area contributed by atoms with Crippen LogP contribution in [0.25, 0.3) is 0 Å². The van der Waals surface area contributed by atoms with Crippen LogP contribution in [0.3, 0.4) is 0 Å². The van der Waals surface area contributed by atoms with Crippen molar-refractivity contribution in [3.05, 3.63) is 65.4 Å². The van der Waals surface area contributed by atoms with Crippen LogP contribution in [-0.4, -0.2) is 91.0 Å². The van der Waals surface area contributed by atoms with E-state index in [0.29, 0.717) is 37.7 Å². The summed E-state index contributed by atoms with van der Waals surface area (Å²) in [6.07, 6.45) is 4.20. The van der Waals surface area contributed by atoms with Crippen molar-refractivity contribution in [3.8, 4) is 0 Å². The number of nitrogens with one attached hydrogen (secondary N) is 3. The summed E-state index contributed by atoms with van der Waals surface area (Å²) in [7, 11) is 0. The van der Waals surface area contributed by atoms with Gasteiger partial charge in [0.2, 0.25) is 5.91 Å². The second kappa shape index (κ2) is 12.0. The Labute approximate surface area is 251 Å². The first-order chi connectivity index (χ1) is 20.7. The number of ether oxygens (including phenoxy) is 2. The molecule has 2 amide bonds. The number of carbonyl (C=O) groups excluding carboxylic acids is 2. The van der Waals surface area contributed by atoms with Crippen LogP contribution in [0.1, 0.15) is 38.4 Å². The van der Waals surface area contributed by atoms with E-state index in [1.807, 2.05) is 63.4 Å². The van der Waals surface area contributed by atoms with E-state index in [0.717, 1.165) is 48.1 Å². The monoisotopic (exact) mass is 586 g/mol. The number of carbonyl (C=O) groups is 2. The van der Waals surface area contributed by atoms with Gasteiger partial charge < -0.3 is 35.2 Å². The maximum absolute atomic E-state index is 12.8. The van der Waals surface area contributed by atoms with Crippen LogP contribution in [0.5, 0.6) is 0 Å². The highest BCUT2D eigenvalue weighted by molar-refractivity contribution is 6.02. The van der Waals surface area contributed by atoms with Gasteiger partial charge in [-0.25, -0.2) is 14.8 Å². The van der Waals surface area contributed by atoms with Crippen LogP contribution in [0, 0.1) is 0 Å². The maximum atomic E-state index is 12.8. The Bertz CT molecular complexity index is 1450. The highest BCUT2D eigenvalue weighted by Crippen LogP contribution is 2.28. The van der Waals surface area contributed by atoms with Crippen LogP contribution in [0.4, 0.5) is 16.2 Å². The van der Waals surface area contributed by atoms with Crippen LogP contribution in [0.2, 0.25) is 0 Å². The number of aromatic nitrogens is 1. The number of aliphatic imine (C=N–C) groups is 2. The van der Waals surface area contributed by atoms with Crippen molar-refractivity contribution >= 4 is 35.4 Å². The number of pyridine rings is 1. The summed E-state index contributed by atoms with van der Waals surface area (Å²) >= 11 is 0. The minimum atomic E-state index is -0.529. The number of alkyl carbamates (subject to hydrolysis) is 1. The molecule has 0 radical (unpaired) electrons. The molecule has 226 valence electrons. The predicted molar refractivity (Wildman–Crippen MR) is 164 cm³/mol. The number of amidine groups is 1. The van der Waals surface area contributed by atoms with Gasteiger partial charge in [0.25, 0.3) is 0 Å². The van der Waals surface area contributed by atoms with Crippen LogP contribution in [0.15, 0.2) is 64.1 Å². The third-order valence-electron chi connectivity index (χ3n) is 7.52. The van der Waals surface area contributed by atoms with Crippen molar-refractivity contribution in [1.29, 1.82) is 0 Å². The summed E-state index contributed by atoms with van der Waals surface area (Å²) < 4.78 is 10.8. The normalized spacial score (nSPS) is 20.2. The highest BCUT2D eigenvalue weighted by atomic mass is 16.6. The Hall–Kier alpha value is -4.45. The van der Waals surface area contributed by atoms with Gasteiger partial charge in [-0.05, 0) is 57.2 Å². The molecule has 4 aliphatic heterocycles. The van der Waals surface area contributed by atoms with Crippen LogP contribution < -0.4 is 20.9 Å². The smallest absolute Gasteiger partial charge is 0.407 e. The zero-order valence-electron chi connectivity index (χ0n) is 24.8. The summed E-state index contributed by atoms with van der Waals surface area (Å²) in [5.74, 6) is 1.59. The fourth-order valence-electron chi connectivity index (χ4n) is 5.41. The van der Waals surface area contributed by atoms with Crippen LogP contribution in [-0.2, 0) is 20.7 Å². The lowest BCUT2D eigenvalue weighted by Crippen LogP contribution is -2.60. The number of morpholine rings is 1. The second-order valence-electron chi connectivity index (χ2n) is 12.1. The number of fused-ring (bicyclic) bond motifs is 1. The lowest BCUT2D eigenvalue weighted by Gasteiger charge is -2.41. The molecule has 1 aromatic carbocycles. The summed E-state index contributed by atoms with van der Waals surface area (Å²) in [5, 5.41) is 9.39. The zero-order chi connectivity index (χ0) is 30.0. The molecule has 0 spiro atoms. The van der Waals surface area contributed by atoms with E-state index in [2.05, 4.69) is 35.7 Å². The fourth-order valence-corrected chi connectivity index (χ4v) is 5.41. The van der Waals surface area contributed by atoms with Crippen molar-refractivity contribution < 1.29 is 19.1 Å². The van der Waals surface area contributed by atoms with Crippen molar-refractivity contribution in [2.75, 3.05) is 49.6 Å². The van der Waals surface area contributed by atoms with Crippen molar-refractivity contribution in [3.63, 3.8) is 0 Å². The molecule has 3 N–H and O–H groups in total. The van der Waals surface area contributed by atoms with E-state index < -0.39 is 11.7 Å². The maximum Gasteiger partial charge on any atom is 0.407 e. The number of hydrogen-bond donors (Lipinski definition) is 3. The molecular formula is C31H38N8O4. The summed E-state index contributed by atoms with van der Waals surface area (Å²) in [4.78, 5) is 43.2. The molecule has 43 heavy (non-hydrogen) atoms. The zero-order valence-corrected chi connectivity index (χ0v) is 24.8. The summed E-state index contributed by atoms with van der Waals surface area (Å²) in [6.45, 7) is 9.88. The second-order valence-corrected chi connectivity index (χ2v) is 12.1. The minimum absolute atomic E-state index is 0.0176. The minimum Gasteiger partial charge on any atom is -0.444 e. The summed E-state index contributed by atoms with van der Waals surface area (Å²) in [6, 6.07) is 11.6. The molecule has 1 aromatic heterocycles. The van der Waals surface area contributed by atoms with Gasteiger partial charge in [0.05, 0.1) is 37.4 Å². The molecule has 2 fully saturated rings. The molecule has 0 aliphatic carbocycles. The lowest BCUT2D eigenvalue weighted by molar-refractivity contribution is -0.115. The number of nitrogens with zero attached hydrogens (tertiary/aromatic N) is 5. The Balaban J connectivity index is 1.02. The molecular weight excluding hydrogens is 548 g/mol. The van der Waals surface area contributed by atoms with Gasteiger partial charge in [-0.1, -0.05) is 0 Å². The van der Waals surface area contributed by atoms with Gasteiger partial charge >= 0.3 is 6.09 Å². The van der Waals surface area contributed by atoms with E-state index in [4.69, 9.17) is 14.5 Å². The Morgan fingerprint density at radius 3 is 2.60 bits per heavy atom. The Morgan fingerprint density at radius 2 is 1.86 bits per heavy atom. The molecule has 12 heteroatoms. The molecule has 0 saturated carbocycles. The molecule has 4 aliphatic rings. The van der Waals surface area contributed by atoms with Crippen molar-refractivity contribution in [2.45, 2.75) is 51.3 Å². The first-order valence-corrected chi connectivity index (χ1v) is 14.7. The third kappa shape index (κ3) is 6.96. The highest BCUT2D eigenvalue weighted by Gasteiger charge is 2.32. The average Bonchev–Trinajstić information content (AvgIpc) is 3.39. The van der Waals surface area contributed by atoms with Gasteiger partial charge in [0.15, 0.2) is 5.82 Å². The predicted octanol–water partition coefficient (Wildman–Crippen LogP) is 2.67. The number of benzene rings is 1.